The van der Waals surface area contributed by atoms with E-state index >= 15 is 0 Å². The van der Waals surface area contributed by atoms with Gasteiger partial charge in [0.05, 0.1) is 0 Å². The van der Waals surface area contributed by atoms with E-state index in [1.165, 1.54) is 5.56 Å². The van der Waals surface area contributed by atoms with Gasteiger partial charge in [0.25, 0.3) is 0 Å². The predicted octanol–water partition coefficient (Wildman–Crippen LogP) is 2.53. The van der Waals surface area contributed by atoms with Crippen molar-refractivity contribution in [3.63, 3.8) is 0 Å². The summed E-state index contributed by atoms with van der Waals surface area (Å²) in [5, 5.41) is 0. The number of nitrogens with zero attached hydrogens (tertiary/aromatic N) is 1. The highest BCUT2D eigenvalue weighted by molar-refractivity contribution is 5.76. The van der Waals surface area contributed by atoms with Gasteiger partial charge in [-0.1, -0.05) is 13.0 Å². The lowest BCUT2D eigenvalue weighted by Crippen LogP contribution is -2.27. The Morgan fingerprint density at radius 3 is 3.05 bits per heavy atom. The van der Waals surface area contributed by atoms with Crippen LogP contribution in [0.3, 0.4) is 0 Å². The largest absolute Gasteiger partial charge is 0.454 e. The zero-order chi connectivity index (χ0) is 13.2. The van der Waals surface area contributed by atoms with Gasteiger partial charge in [-0.2, -0.15) is 0 Å². The maximum Gasteiger partial charge on any atom is 0.231 e. The van der Waals surface area contributed by atoms with Gasteiger partial charge in [-0.15, -0.1) is 0 Å². The third kappa shape index (κ3) is 2.39. The molecule has 0 aliphatic carbocycles. The van der Waals surface area contributed by atoms with Crippen molar-refractivity contribution in [3.05, 3.63) is 23.8 Å². The van der Waals surface area contributed by atoms with Crippen LogP contribution in [0.25, 0.3) is 0 Å². The molecule has 2 aliphatic heterocycles. The SMILES string of the molecule is CCCC(=O)N1CCC(c2ccc3c(c2)OCO3)C1. The minimum atomic E-state index is 0.283. The highest BCUT2D eigenvalue weighted by Crippen LogP contribution is 2.37. The summed E-state index contributed by atoms with van der Waals surface area (Å²) in [7, 11) is 0. The van der Waals surface area contributed by atoms with Crippen molar-refractivity contribution in [1.29, 1.82) is 0 Å². The average Bonchev–Trinajstić information content (AvgIpc) is 3.07. The maximum absolute atomic E-state index is 11.9. The van der Waals surface area contributed by atoms with Gasteiger partial charge in [0.2, 0.25) is 12.7 Å². The molecule has 0 spiro atoms. The molecule has 4 nitrogen and oxygen atoms in total. The van der Waals surface area contributed by atoms with Gasteiger partial charge in [0.15, 0.2) is 11.5 Å². The molecule has 0 saturated carbocycles. The van der Waals surface area contributed by atoms with E-state index in [-0.39, 0.29) is 5.91 Å². The molecule has 1 aromatic carbocycles. The van der Waals surface area contributed by atoms with Crippen LogP contribution in [0, 0.1) is 0 Å². The molecule has 0 bridgehead atoms. The Kier molecular flexibility index (Phi) is 3.32. The molecule has 0 radical (unpaired) electrons. The Balaban J connectivity index is 1.69. The number of benzene rings is 1. The zero-order valence-corrected chi connectivity index (χ0v) is 11.2. The molecule has 0 N–H and O–H groups in total. The Labute approximate surface area is 113 Å². The first-order valence-electron chi connectivity index (χ1n) is 6.95. The lowest BCUT2D eigenvalue weighted by Gasteiger charge is -2.16. The molecule has 0 aromatic heterocycles. The Hall–Kier alpha value is -1.71. The van der Waals surface area contributed by atoms with Crippen molar-refractivity contribution in [1.82, 2.24) is 4.90 Å². The smallest absolute Gasteiger partial charge is 0.231 e. The molecule has 1 amide bonds. The lowest BCUT2D eigenvalue weighted by molar-refractivity contribution is -0.130. The van der Waals surface area contributed by atoms with Crippen LogP contribution in [0.1, 0.15) is 37.7 Å². The number of hydrogen-bond donors (Lipinski definition) is 0. The highest BCUT2D eigenvalue weighted by Gasteiger charge is 2.27. The van der Waals surface area contributed by atoms with E-state index in [4.69, 9.17) is 9.47 Å². The number of likely N-dealkylation sites (tertiary alicyclic amines) is 1. The van der Waals surface area contributed by atoms with E-state index in [0.29, 0.717) is 19.1 Å². The number of rotatable bonds is 3. The Morgan fingerprint density at radius 2 is 2.21 bits per heavy atom. The van der Waals surface area contributed by atoms with Gasteiger partial charge in [0, 0.05) is 25.4 Å². The van der Waals surface area contributed by atoms with Crippen LogP contribution in [-0.4, -0.2) is 30.7 Å². The van der Waals surface area contributed by atoms with Crippen LogP contribution in [-0.2, 0) is 4.79 Å². The van der Waals surface area contributed by atoms with Crippen molar-refractivity contribution in [3.8, 4) is 11.5 Å². The van der Waals surface area contributed by atoms with Crippen molar-refractivity contribution in [2.24, 2.45) is 0 Å². The van der Waals surface area contributed by atoms with Gasteiger partial charge in [-0.05, 0) is 30.5 Å². The molecule has 1 aromatic rings. The summed E-state index contributed by atoms with van der Waals surface area (Å²) in [5.74, 6) is 2.36. The summed E-state index contributed by atoms with van der Waals surface area (Å²) in [6, 6.07) is 6.11. The predicted molar refractivity (Wildman–Crippen MR) is 71.4 cm³/mol. The molecule has 2 aliphatic rings. The van der Waals surface area contributed by atoms with E-state index in [1.54, 1.807) is 0 Å². The Morgan fingerprint density at radius 1 is 1.37 bits per heavy atom. The molecule has 1 fully saturated rings. The number of ether oxygens (including phenoxy) is 2. The van der Waals surface area contributed by atoms with Gasteiger partial charge in [0.1, 0.15) is 0 Å². The van der Waals surface area contributed by atoms with Gasteiger partial charge in [-0.25, -0.2) is 0 Å². The third-order valence-corrected chi connectivity index (χ3v) is 3.87. The minimum Gasteiger partial charge on any atom is -0.454 e. The first kappa shape index (κ1) is 12.3. The fourth-order valence-electron chi connectivity index (χ4n) is 2.80. The molecule has 4 heteroatoms. The molecule has 1 saturated heterocycles. The van der Waals surface area contributed by atoms with E-state index in [1.807, 2.05) is 17.9 Å². The van der Waals surface area contributed by atoms with Crippen LogP contribution in [0.5, 0.6) is 11.5 Å². The molecule has 102 valence electrons. The van der Waals surface area contributed by atoms with E-state index in [2.05, 4.69) is 12.1 Å². The van der Waals surface area contributed by atoms with Crippen LogP contribution < -0.4 is 9.47 Å². The van der Waals surface area contributed by atoms with E-state index < -0.39 is 0 Å². The molecule has 1 unspecified atom stereocenters. The second kappa shape index (κ2) is 5.11. The summed E-state index contributed by atoms with van der Waals surface area (Å²) >= 11 is 0. The van der Waals surface area contributed by atoms with Crippen molar-refractivity contribution >= 4 is 5.91 Å². The van der Waals surface area contributed by atoms with Crippen LogP contribution >= 0.6 is 0 Å². The van der Waals surface area contributed by atoms with Gasteiger partial charge >= 0.3 is 0 Å². The number of fused-ring (bicyclic) bond motifs is 1. The summed E-state index contributed by atoms with van der Waals surface area (Å²) in [6.45, 7) is 4.06. The lowest BCUT2D eigenvalue weighted by atomic mass is 9.98. The molecule has 3 rings (SSSR count). The van der Waals surface area contributed by atoms with Crippen LogP contribution in [0.15, 0.2) is 18.2 Å². The van der Waals surface area contributed by atoms with E-state index in [0.717, 1.165) is 37.4 Å². The number of hydrogen-bond acceptors (Lipinski definition) is 3. The van der Waals surface area contributed by atoms with Gasteiger partial charge in [-0.3, -0.25) is 4.79 Å². The highest BCUT2D eigenvalue weighted by atomic mass is 16.7. The first-order valence-corrected chi connectivity index (χ1v) is 6.95. The summed E-state index contributed by atoms with van der Waals surface area (Å²) < 4.78 is 10.7. The van der Waals surface area contributed by atoms with Crippen molar-refractivity contribution < 1.29 is 14.3 Å². The fraction of sp³-hybridized carbons (Fsp3) is 0.533. The summed E-state index contributed by atoms with van der Waals surface area (Å²) in [6.07, 6.45) is 2.62. The standard InChI is InChI=1S/C15H19NO3/c1-2-3-15(17)16-7-6-12(9-16)11-4-5-13-14(8-11)19-10-18-13/h4-5,8,12H,2-3,6-7,9-10H2,1H3. The molecule has 1 atom stereocenters. The number of amides is 1. The normalized spacial score (nSPS) is 20.9. The number of carbonyl (C=O) groups is 1. The van der Waals surface area contributed by atoms with Crippen molar-refractivity contribution in [2.75, 3.05) is 19.9 Å². The third-order valence-electron chi connectivity index (χ3n) is 3.87. The second-order valence-electron chi connectivity index (χ2n) is 5.19. The molecule has 2 heterocycles. The minimum absolute atomic E-state index is 0.283. The monoisotopic (exact) mass is 261 g/mol. The Bertz CT molecular complexity index is 486. The fourth-order valence-corrected chi connectivity index (χ4v) is 2.80. The zero-order valence-electron chi connectivity index (χ0n) is 11.2. The van der Waals surface area contributed by atoms with Gasteiger partial charge < -0.3 is 14.4 Å². The molecular weight excluding hydrogens is 242 g/mol. The average molecular weight is 261 g/mol. The maximum atomic E-state index is 11.9. The molecular formula is C15H19NO3. The summed E-state index contributed by atoms with van der Waals surface area (Å²) in [5.41, 5.74) is 1.25. The van der Waals surface area contributed by atoms with E-state index in [9.17, 15) is 4.79 Å². The second-order valence-corrected chi connectivity index (χ2v) is 5.19. The topological polar surface area (TPSA) is 38.8 Å². The van der Waals surface area contributed by atoms with Crippen LogP contribution in [0.2, 0.25) is 0 Å². The van der Waals surface area contributed by atoms with Crippen molar-refractivity contribution in [2.45, 2.75) is 32.1 Å². The quantitative estimate of drug-likeness (QED) is 0.839. The van der Waals surface area contributed by atoms with Crippen LogP contribution in [0.4, 0.5) is 0 Å². The summed E-state index contributed by atoms with van der Waals surface area (Å²) in [4.78, 5) is 13.9. The first-order chi connectivity index (χ1) is 9.28. The molecule has 19 heavy (non-hydrogen) atoms. The number of carbonyl (C=O) groups excluding carboxylic acids is 1.